The molecule has 1 saturated carbocycles. The van der Waals surface area contributed by atoms with Gasteiger partial charge in [0.2, 0.25) is 0 Å². The lowest BCUT2D eigenvalue weighted by atomic mass is 10.1. The number of rotatable bonds is 6. The molecule has 0 unspecified atom stereocenters. The Morgan fingerprint density at radius 1 is 1.18 bits per heavy atom. The van der Waals surface area contributed by atoms with Crippen molar-refractivity contribution in [2.45, 2.75) is 49.3 Å². The average molecular weight is 419 g/mol. The molecular formula is C18H22N6O2S2. The first-order valence-electron chi connectivity index (χ1n) is 8.99. The van der Waals surface area contributed by atoms with Crippen LogP contribution in [-0.4, -0.2) is 34.1 Å². The minimum Gasteiger partial charge on any atom is -0.323 e. The molecule has 0 aromatic carbocycles. The minimum absolute atomic E-state index is 0.237. The van der Waals surface area contributed by atoms with Gasteiger partial charge in [0.05, 0.1) is 4.88 Å². The summed E-state index contributed by atoms with van der Waals surface area (Å²) in [4.78, 5) is 9.46. The van der Waals surface area contributed by atoms with E-state index in [1.165, 1.54) is 12.8 Å². The molecule has 28 heavy (non-hydrogen) atoms. The van der Waals surface area contributed by atoms with Gasteiger partial charge < -0.3 is 5.32 Å². The zero-order chi connectivity index (χ0) is 19.9. The molecule has 3 aromatic rings. The Morgan fingerprint density at radius 2 is 1.96 bits per heavy atom. The molecule has 0 radical (unpaired) electrons. The predicted molar refractivity (Wildman–Crippen MR) is 109 cm³/mol. The van der Waals surface area contributed by atoms with Crippen LogP contribution in [0, 0.1) is 0 Å². The molecule has 1 fully saturated rings. The summed E-state index contributed by atoms with van der Waals surface area (Å²) in [5, 5.41) is 10.5. The summed E-state index contributed by atoms with van der Waals surface area (Å²) in [6.07, 6.45) is 4.04. The van der Waals surface area contributed by atoms with Crippen LogP contribution in [0.1, 0.15) is 45.2 Å². The largest absolute Gasteiger partial charge is 0.323 e. The van der Waals surface area contributed by atoms with Crippen molar-refractivity contribution in [3.63, 3.8) is 0 Å². The number of nitrogens with zero attached hydrogens (tertiary/aromatic N) is 3. The van der Waals surface area contributed by atoms with Crippen LogP contribution in [-0.2, 0) is 10.0 Å². The Hall–Kier alpha value is -2.30. The van der Waals surface area contributed by atoms with Gasteiger partial charge in [-0.2, -0.15) is 5.10 Å². The Balaban J connectivity index is 1.53. The van der Waals surface area contributed by atoms with E-state index in [-0.39, 0.29) is 4.21 Å². The molecule has 0 saturated heterocycles. The smallest absolute Gasteiger partial charge is 0.250 e. The standard InChI is InChI=1S/C18H22N6O2S2/c1-18(2,3)24-28(25,26)16-7-6-13(27-16)17-19-9-8-14(21-17)20-15-10-12(22-23-15)11-4-5-11/h6-11,24H,4-5H2,1-3H3,(H2,19,20,21,22,23). The van der Waals surface area contributed by atoms with Crippen LogP contribution in [0.15, 0.2) is 34.7 Å². The number of hydrogen-bond acceptors (Lipinski definition) is 7. The summed E-state index contributed by atoms with van der Waals surface area (Å²) in [7, 11) is -3.58. The first-order chi connectivity index (χ1) is 13.2. The fourth-order valence-electron chi connectivity index (χ4n) is 2.72. The van der Waals surface area contributed by atoms with E-state index >= 15 is 0 Å². The molecule has 10 heteroatoms. The van der Waals surface area contributed by atoms with Crippen LogP contribution in [0.4, 0.5) is 11.6 Å². The van der Waals surface area contributed by atoms with Crippen LogP contribution < -0.4 is 10.0 Å². The van der Waals surface area contributed by atoms with Gasteiger partial charge in [0.1, 0.15) is 10.0 Å². The van der Waals surface area contributed by atoms with Crippen molar-refractivity contribution >= 4 is 33.0 Å². The van der Waals surface area contributed by atoms with E-state index in [0.717, 1.165) is 17.0 Å². The highest BCUT2D eigenvalue weighted by atomic mass is 32.2. The topological polar surface area (TPSA) is 113 Å². The molecule has 0 bridgehead atoms. The highest BCUT2D eigenvalue weighted by Gasteiger charge is 2.26. The van der Waals surface area contributed by atoms with Gasteiger partial charge in [0, 0.05) is 29.4 Å². The second-order valence-corrected chi connectivity index (χ2v) is 10.8. The Bertz CT molecular complexity index is 1090. The molecule has 1 aliphatic carbocycles. The van der Waals surface area contributed by atoms with E-state index < -0.39 is 15.6 Å². The summed E-state index contributed by atoms with van der Waals surface area (Å²) in [6.45, 7) is 5.42. The van der Waals surface area contributed by atoms with Gasteiger partial charge in [-0.3, -0.25) is 5.10 Å². The summed E-state index contributed by atoms with van der Waals surface area (Å²) in [5.74, 6) is 2.36. The lowest BCUT2D eigenvalue weighted by Gasteiger charge is -2.19. The van der Waals surface area contributed by atoms with Gasteiger partial charge in [-0.05, 0) is 51.8 Å². The van der Waals surface area contributed by atoms with Crippen molar-refractivity contribution in [1.82, 2.24) is 24.9 Å². The predicted octanol–water partition coefficient (Wildman–Crippen LogP) is 3.63. The van der Waals surface area contributed by atoms with Gasteiger partial charge in [-0.25, -0.2) is 23.1 Å². The van der Waals surface area contributed by atoms with Gasteiger partial charge in [0.25, 0.3) is 10.0 Å². The van der Waals surface area contributed by atoms with Crippen LogP contribution in [0.25, 0.3) is 10.7 Å². The maximum atomic E-state index is 12.5. The molecule has 3 aromatic heterocycles. The van der Waals surface area contributed by atoms with Crippen LogP contribution in [0.2, 0.25) is 0 Å². The molecular weight excluding hydrogens is 396 g/mol. The van der Waals surface area contributed by atoms with E-state index in [0.29, 0.717) is 28.3 Å². The first kappa shape index (κ1) is 19.0. The van der Waals surface area contributed by atoms with Crippen molar-refractivity contribution in [2.75, 3.05) is 5.32 Å². The molecule has 0 aliphatic heterocycles. The fraction of sp³-hybridized carbons (Fsp3) is 0.389. The van der Waals surface area contributed by atoms with E-state index in [9.17, 15) is 8.42 Å². The Kier molecular flexibility index (Phi) is 4.72. The molecule has 0 atom stereocenters. The number of sulfonamides is 1. The highest BCUT2D eigenvalue weighted by molar-refractivity contribution is 7.91. The van der Waals surface area contributed by atoms with Gasteiger partial charge in [-0.1, -0.05) is 0 Å². The second kappa shape index (κ2) is 6.94. The van der Waals surface area contributed by atoms with Crippen LogP contribution in [0.3, 0.4) is 0 Å². The number of H-pyrrole nitrogens is 1. The third-order valence-corrected chi connectivity index (χ3v) is 7.36. The third kappa shape index (κ3) is 4.40. The van der Waals surface area contributed by atoms with Crippen molar-refractivity contribution in [3.05, 3.63) is 36.2 Å². The van der Waals surface area contributed by atoms with E-state index in [1.54, 1.807) is 45.2 Å². The van der Waals surface area contributed by atoms with Crippen molar-refractivity contribution in [2.24, 2.45) is 0 Å². The molecule has 0 amide bonds. The van der Waals surface area contributed by atoms with Crippen molar-refractivity contribution in [3.8, 4) is 10.7 Å². The molecule has 0 spiro atoms. The molecule has 8 nitrogen and oxygen atoms in total. The second-order valence-electron chi connectivity index (χ2n) is 7.85. The molecule has 3 N–H and O–H groups in total. The monoisotopic (exact) mass is 418 g/mol. The number of anilines is 2. The average Bonchev–Trinajstić information content (AvgIpc) is 3.14. The minimum atomic E-state index is -3.58. The van der Waals surface area contributed by atoms with Gasteiger partial charge >= 0.3 is 0 Å². The van der Waals surface area contributed by atoms with E-state index in [4.69, 9.17) is 0 Å². The summed E-state index contributed by atoms with van der Waals surface area (Å²) >= 11 is 1.14. The van der Waals surface area contributed by atoms with Crippen molar-refractivity contribution in [1.29, 1.82) is 0 Å². The number of thiophene rings is 1. The SMILES string of the molecule is CC(C)(C)NS(=O)(=O)c1ccc(-c2nccc(Nc3cc(C4CC4)[nH]n3)n2)s1. The third-order valence-electron chi connectivity index (χ3n) is 4.03. The lowest BCUT2D eigenvalue weighted by molar-refractivity contribution is 0.492. The molecule has 1 aliphatic rings. The van der Waals surface area contributed by atoms with Gasteiger partial charge in [0.15, 0.2) is 11.6 Å². The maximum Gasteiger partial charge on any atom is 0.250 e. The fourth-order valence-corrected chi connectivity index (χ4v) is 5.39. The highest BCUT2D eigenvalue weighted by Crippen LogP contribution is 2.39. The summed E-state index contributed by atoms with van der Waals surface area (Å²) in [6, 6.07) is 7.04. The zero-order valence-corrected chi connectivity index (χ0v) is 17.5. The van der Waals surface area contributed by atoms with Crippen LogP contribution >= 0.6 is 11.3 Å². The maximum absolute atomic E-state index is 12.5. The first-order valence-corrected chi connectivity index (χ1v) is 11.3. The summed E-state index contributed by atoms with van der Waals surface area (Å²) < 4.78 is 27.9. The van der Waals surface area contributed by atoms with Crippen LogP contribution in [0.5, 0.6) is 0 Å². The number of hydrogen-bond donors (Lipinski definition) is 3. The Labute approximate surface area is 167 Å². The zero-order valence-electron chi connectivity index (χ0n) is 15.9. The number of nitrogens with one attached hydrogen (secondary N) is 3. The Morgan fingerprint density at radius 3 is 2.68 bits per heavy atom. The molecule has 148 valence electrons. The lowest BCUT2D eigenvalue weighted by Crippen LogP contribution is -2.40. The quantitative estimate of drug-likeness (QED) is 0.563. The molecule has 3 heterocycles. The molecule has 4 rings (SSSR count). The normalized spacial score (nSPS) is 15.0. The number of aromatic amines is 1. The summed E-state index contributed by atoms with van der Waals surface area (Å²) in [5.41, 5.74) is 0.586. The van der Waals surface area contributed by atoms with Gasteiger partial charge in [-0.15, -0.1) is 11.3 Å². The number of aromatic nitrogens is 4. The van der Waals surface area contributed by atoms with E-state index in [2.05, 4.69) is 30.2 Å². The van der Waals surface area contributed by atoms with Crippen molar-refractivity contribution < 1.29 is 8.42 Å². The van der Waals surface area contributed by atoms with E-state index in [1.807, 2.05) is 6.07 Å².